The fourth-order valence-corrected chi connectivity index (χ4v) is 2.92. The van der Waals surface area contributed by atoms with Crippen LogP contribution in [0.3, 0.4) is 0 Å². The molecule has 1 aromatic rings. The first-order valence-corrected chi connectivity index (χ1v) is 10.1. The number of rotatable bonds is 11. The smallest absolute Gasteiger partial charge is 0.407 e. The summed E-state index contributed by atoms with van der Waals surface area (Å²) in [6.07, 6.45) is 0.0439. The SMILES string of the molecule is CCCCOC(=O)NC(C(=O)O)[C@H](N)C(=O)C[C@H]1CC(c2ccc(N=C(N)N)cc2)=NO1. The number of carboxylic acid groups (broad SMARTS) is 1. The van der Waals surface area contributed by atoms with Gasteiger partial charge in [-0.3, -0.25) is 4.79 Å². The zero-order chi connectivity index (χ0) is 23.7. The molecule has 0 spiro atoms. The predicted molar refractivity (Wildman–Crippen MR) is 116 cm³/mol. The van der Waals surface area contributed by atoms with Crippen molar-refractivity contribution in [1.82, 2.24) is 5.32 Å². The second kappa shape index (κ2) is 11.6. The van der Waals surface area contributed by atoms with E-state index in [9.17, 15) is 19.5 Å². The number of carbonyl (C=O) groups is 3. The third kappa shape index (κ3) is 7.23. The number of benzene rings is 1. The Bertz CT molecular complexity index is 881. The fourth-order valence-electron chi connectivity index (χ4n) is 2.92. The molecule has 12 nitrogen and oxygen atoms in total. The van der Waals surface area contributed by atoms with Gasteiger partial charge in [0.05, 0.1) is 24.0 Å². The number of nitrogens with two attached hydrogens (primary N) is 3. The van der Waals surface area contributed by atoms with Gasteiger partial charge < -0.3 is 37.2 Å². The van der Waals surface area contributed by atoms with Crippen molar-refractivity contribution in [2.45, 2.75) is 50.8 Å². The highest BCUT2D eigenvalue weighted by molar-refractivity contribution is 6.02. The number of aliphatic imine (C=N–C) groups is 1. The molecule has 0 radical (unpaired) electrons. The number of carboxylic acids is 1. The second-order valence-corrected chi connectivity index (χ2v) is 7.20. The molecule has 0 saturated heterocycles. The van der Waals surface area contributed by atoms with Crippen molar-refractivity contribution in [2.24, 2.45) is 27.3 Å². The Morgan fingerprint density at radius 2 is 2.00 bits per heavy atom. The third-order valence-corrected chi connectivity index (χ3v) is 4.62. The number of aliphatic carboxylic acids is 1. The highest BCUT2D eigenvalue weighted by Gasteiger charge is 2.35. The van der Waals surface area contributed by atoms with Gasteiger partial charge in [-0.15, -0.1) is 0 Å². The lowest BCUT2D eigenvalue weighted by Crippen LogP contribution is -2.56. The van der Waals surface area contributed by atoms with Crippen LogP contribution in [0.1, 0.15) is 38.2 Å². The minimum atomic E-state index is -1.62. The molecule has 1 amide bonds. The largest absolute Gasteiger partial charge is 0.480 e. The number of carbonyl (C=O) groups excluding carboxylic acids is 2. The minimum Gasteiger partial charge on any atom is -0.480 e. The van der Waals surface area contributed by atoms with Gasteiger partial charge in [-0.05, 0) is 24.1 Å². The standard InChI is InChI=1S/C20H28N6O6/c1-2-3-8-31-20(30)25-17(18(28)29)16(21)15(27)10-13-9-14(26-32-13)11-4-6-12(7-5-11)24-19(22)23/h4-7,13,16-17H,2-3,8-10,21H2,1H3,(H,25,30)(H,28,29)(H4,22,23,24)/t13-,16-,17?/m1/s1. The molecule has 3 atom stereocenters. The summed E-state index contributed by atoms with van der Waals surface area (Å²) in [7, 11) is 0. The van der Waals surface area contributed by atoms with Crippen molar-refractivity contribution < 1.29 is 29.1 Å². The van der Waals surface area contributed by atoms with Crippen LogP contribution in [0.4, 0.5) is 10.5 Å². The summed E-state index contributed by atoms with van der Waals surface area (Å²) in [5, 5.41) is 15.5. The lowest BCUT2D eigenvalue weighted by atomic mass is 9.96. The summed E-state index contributed by atoms with van der Waals surface area (Å²) in [4.78, 5) is 45.0. The van der Waals surface area contributed by atoms with E-state index in [1.165, 1.54) is 0 Å². The number of hydrogen-bond donors (Lipinski definition) is 5. The number of ketones is 1. The number of nitrogens with zero attached hydrogens (tertiary/aromatic N) is 2. The lowest BCUT2D eigenvalue weighted by molar-refractivity contribution is -0.142. The first-order chi connectivity index (χ1) is 15.2. The molecule has 1 aliphatic rings. The molecule has 0 saturated carbocycles. The molecular formula is C20H28N6O6. The summed E-state index contributed by atoms with van der Waals surface area (Å²) >= 11 is 0. The first-order valence-electron chi connectivity index (χ1n) is 10.1. The molecule has 8 N–H and O–H groups in total. The average molecular weight is 448 g/mol. The van der Waals surface area contributed by atoms with E-state index in [1.807, 2.05) is 6.92 Å². The van der Waals surface area contributed by atoms with E-state index in [4.69, 9.17) is 26.8 Å². The summed E-state index contributed by atoms with van der Waals surface area (Å²) < 4.78 is 4.87. The Balaban J connectivity index is 1.90. The van der Waals surface area contributed by atoms with E-state index in [-0.39, 0.29) is 19.0 Å². The van der Waals surface area contributed by atoms with Gasteiger partial charge in [0.15, 0.2) is 17.8 Å². The molecule has 12 heteroatoms. The number of amides is 1. The van der Waals surface area contributed by atoms with Crippen molar-refractivity contribution in [3.05, 3.63) is 29.8 Å². The number of nitrogens with one attached hydrogen (secondary N) is 1. The van der Waals surface area contributed by atoms with E-state index in [1.54, 1.807) is 24.3 Å². The van der Waals surface area contributed by atoms with Crippen LogP contribution in [0.25, 0.3) is 0 Å². The molecule has 1 aliphatic heterocycles. The van der Waals surface area contributed by atoms with Crippen LogP contribution in [-0.2, 0) is 19.2 Å². The normalized spacial score (nSPS) is 16.8. The van der Waals surface area contributed by atoms with Gasteiger partial charge in [0.25, 0.3) is 0 Å². The van der Waals surface area contributed by atoms with E-state index in [2.05, 4.69) is 15.5 Å². The Labute approximate surface area is 184 Å². The summed E-state index contributed by atoms with van der Waals surface area (Å²) in [6, 6.07) is 3.82. The maximum Gasteiger partial charge on any atom is 0.407 e. The Morgan fingerprint density at radius 3 is 2.59 bits per heavy atom. The molecular weight excluding hydrogens is 420 g/mol. The van der Waals surface area contributed by atoms with Crippen molar-refractivity contribution in [3.63, 3.8) is 0 Å². The minimum absolute atomic E-state index is 0.0578. The Morgan fingerprint density at radius 1 is 1.31 bits per heavy atom. The highest BCUT2D eigenvalue weighted by Crippen LogP contribution is 2.22. The number of hydrogen-bond acceptors (Lipinski definition) is 8. The molecule has 1 aromatic carbocycles. The fraction of sp³-hybridized carbons (Fsp3) is 0.450. The van der Waals surface area contributed by atoms with Crippen molar-refractivity contribution in [3.8, 4) is 0 Å². The number of Topliss-reactive ketones (excluding diaryl/α,β-unsaturated/α-hetero) is 1. The zero-order valence-electron chi connectivity index (χ0n) is 17.7. The number of unbranched alkanes of at least 4 members (excludes halogenated alkanes) is 1. The molecule has 1 unspecified atom stereocenters. The van der Waals surface area contributed by atoms with Gasteiger partial charge in [0.1, 0.15) is 6.10 Å². The van der Waals surface area contributed by atoms with Crippen LogP contribution in [0, 0.1) is 0 Å². The van der Waals surface area contributed by atoms with E-state index in [0.29, 0.717) is 24.2 Å². The quantitative estimate of drug-likeness (QED) is 0.180. The molecule has 1 heterocycles. The molecule has 0 aliphatic carbocycles. The molecule has 0 fully saturated rings. The third-order valence-electron chi connectivity index (χ3n) is 4.62. The van der Waals surface area contributed by atoms with Gasteiger partial charge >= 0.3 is 12.1 Å². The molecule has 0 aromatic heterocycles. The second-order valence-electron chi connectivity index (χ2n) is 7.20. The summed E-state index contributed by atoms with van der Waals surface area (Å²) in [5.74, 6) is -2.09. The van der Waals surface area contributed by atoms with Crippen LogP contribution in [0.15, 0.2) is 34.4 Å². The lowest BCUT2D eigenvalue weighted by Gasteiger charge is -2.21. The predicted octanol–water partition coefficient (Wildman–Crippen LogP) is 0.351. The van der Waals surface area contributed by atoms with E-state index >= 15 is 0 Å². The zero-order valence-corrected chi connectivity index (χ0v) is 17.7. The highest BCUT2D eigenvalue weighted by atomic mass is 16.6. The van der Waals surface area contributed by atoms with E-state index < -0.39 is 36.0 Å². The first kappa shape index (κ1) is 24.6. The van der Waals surface area contributed by atoms with Gasteiger partial charge in [-0.1, -0.05) is 30.6 Å². The molecule has 0 bridgehead atoms. The van der Waals surface area contributed by atoms with Gasteiger partial charge in [0.2, 0.25) is 0 Å². The summed E-state index contributed by atoms with van der Waals surface area (Å²) in [6.45, 7) is 2.05. The maximum absolute atomic E-state index is 12.5. The maximum atomic E-state index is 12.5. The monoisotopic (exact) mass is 448 g/mol. The topological polar surface area (TPSA) is 205 Å². The van der Waals surface area contributed by atoms with Gasteiger partial charge in [0, 0.05) is 12.8 Å². The van der Waals surface area contributed by atoms with Crippen molar-refractivity contribution >= 4 is 35.2 Å². The van der Waals surface area contributed by atoms with Crippen molar-refractivity contribution in [2.75, 3.05) is 6.61 Å². The number of alkyl carbamates (subject to hydrolysis) is 1. The van der Waals surface area contributed by atoms with Crippen molar-refractivity contribution in [1.29, 1.82) is 0 Å². The van der Waals surface area contributed by atoms with Crippen LogP contribution in [-0.4, -0.2) is 59.4 Å². The average Bonchev–Trinajstić information content (AvgIpc) is 3.20. The number of oxime groups is 1. The Kier molecular flexibility index (Phi) is 8.95. The van der Waals surface area contributed by atoms with Crippen LogP contribution in [0.2, 0.25) is 0 Å². The summed E-state index contributed by atoms with van der Waals surface area (Å²) in [5.41, 5.74) is 18.5. The van der Waals surface area contributed by atoms with E-state index in [0.717, 1.165) is 12.0 Å². The van der Waals surface area contributed by atoms with Gasteiger partial charge in [-0.25, -0.2) is 14.6 Å². The molecule has 32 heavy (non-hydrogen) atoms. The number of guanidine groups is 1. The van der Waals surface area contributed by atoms with Crippen LogP contribution in [0.5, 0.6) is 0 Å². The number of ether oxygens (including phenoxy) is 1. The van der Waals surface area contributed by atoms with Gasteiger partial charge in [-0.2, -0.15) is 0 Å². The molecule has 2 rings (SSSR count). The molecule has 174 valence electrons. The van der Waals surface area contributed by atoms with Crippen LogP contribution < -0.4 is 22.5 Å². The van der Waals surface area contributed by atoms with Crippen LogP contribution >= 0.6 is 0 Å². The Hall–Kier alpha value is -3.67.